The minimum absolute atomic E-state index is 0.00837. The number of anilines is 1. The smallest absolute Gasteiger partial charge is 0.382 e. The molecule has 3 saturated heterocycles. The average Bonchev–Trinajstić information content (AvgIpc) is 3.71. The minimum Gasteiger partial charge on any atom is -0.382 e. The van der Waals surface area contributed by atoms with Gasteiger partial charge in [-0.15, -0.1) is 0 Å². The van der Waals surface area contributed by atoms with Crippen molar-refractivity contribution in [3.8, 4) is 0 Å². The van der Waals surface area contributed by atoms with Gasteiger partial charge in [-0.05, 0) is 6.92 Å². The molecule has 1 amide bonds. The van der Waals surface area contributed by atoms with Crippen molar-refractivity contribution in [1.29, 1.82) is 5.41 Å². The predicted octanol–water partition coefficient (Wildman–Crippen LogP) is -0.657. The van der Waals surface area contributed by atoms with Crippen LogP contribution in [0.15, 0.2) is 22.6 Å². The van der Waals surface area contributed by atoms with Gasteiger partial charge in [0, 0.05) is 6.42 Å². The van der Waals surface area contributed by atoms with Crippen molar-refractivity contribution in [1.82, 2.24) is 29.7 Å². The molecule has 45 heavy (non-hydrogen) atoms. The number of carbonyl (C=O) groups is 1. The Balaban J connectivity index is 1.17. The second-order valence-electron chi connectivity index (χ2n) is 10.7. The van der Waals surface area contributed by atoms with Gasteiger partial charge in [-0.3, -0.25) is 48.1 Å². The molecule has 242 valence electrons. The number of fused-ring (bicyclic) bond motifs is 5. The summed E-state index contributed by atoms with van der Waals surface area (Å²) >= 11 is 0. The topological polar surface area (TPSA) is 281 Å². The van der Waals surface area contributed by atoms with Gasteiger partial charge in [0.2, 0.25) is 5.96 Å². The number of carbonyl (C=O) groups excluding carboxylic acids is 1. The van der Waals surface area contributed by atoms with Crippen molar-refractivity contribution in [2.75, 3.05) is 18.9 Å². The summed E-state index contributed by atoms with van der Waals surface area (Å²) in [5.74, 6) is -1.09. The molecule has 0 spiro atoms. The fourth-order valence-corrected chi connectivity index (χ4v) is 7.64. The van der Waals surface area contributed by atoms with E-state index in [0.717, 1.165) is 13.3 Å². The maximum Gasteiger partial charge on any atom is 0.472 e. The SMILES string of the molecule is C[C@@]1(F)C(n2cnc3c(N)ncnc32)O[C@@H]2COP(=O)(O)O[C@@H]3C[C@@H](COP(=O)(O)O[C@H]21)OC3N1C=NC2C(=O)NC(=N)N=C21. The number of phosphoric acid groups is 2. The summed E-state index contributed by atoms with van der Waals surface area (Å²) in [5.41, 5.74) is 3.45. The van der Waals surface area contributed by atoms with Crippen molar-refractivity contribution >= 4 is 56.7 Å². The normalized spacial score (nSPS) is 42.0. The molecular formula is C21H25FN10O11P2. The third-order valence-corrected chi connectivity index (χ3v) is 9.63. The van der Waals surface area contributed by atoms with Crippen LogP contribution in [0.25, 0.3) is 11.2 Å². The number of hydrogen-bond acceptors (Lipinski definition) is 16. The van der Waals surface area contributed by atoms with Crippen LogP contribution in [0.1, 0.15) is 19.6 Å². The molecule has 10 atom stereocenters. The zero-order chi connectivity index (χ0) is 31.9. The first-order valence-electron chi connectivity index (χ1n) is 13.3. The van der Waals surface area contributed by atoms with Crippen molar-refractivity contribution in [2.24, 2.45) is 9.98 Å². The minimum atomic E-state index is -5.05. The van der Waals surface area contributed by atoms with Crippen LogP contribution in [0.3, 0.4) is 0 Å². The number of alkyl halides is 1. The zero-order valence-electron chi connectivity index (χ0n) is 22.9. The molecule has 5 aliphatic heterocycles. The van der Waals surface area contributed by atoms with E-state index < -0.39 is 89.3 Å². The highest BCUT2D eigenvalue weighted by Gasteiger charge is 2.60. The van der Waals surface area contributed by atoms with Crippen molar-refractivity contribution < 1.29 is 55.7 Å². The Bertz CT molecular complexity index is 1740. The summed E-state index contributed by atoms with van der Waals surface area (Å²) in [4.78, 5) is 54.9. The number of halogens is 1. The molecule has 7 heterocycles. The number of rotatable bonds is 2. The number of aromatic nitrogens is 4. The Morgan fingerprint density at radius 2 is 1.89 bits per heavy atom. The molecular weight excluding hydrogens is 649 g/mol. The summed E-state index contributed by atoms with van der Waals surface area (Å²) in [6.07, 6.45) is -5.30. The molecule has 2 aromatic rings. The van der Waals surface area contributed by atoms with E-state index in [1.807, 2.05) is 0 Å². The fourth-order valence-electron chi connectivity index (χ4n) is 5.67. The van der Waals surface area contributed by atoms with Crippen molar-refractivity contribution in [3.63, 3.8) is 0 Å². The van der Waals surface area contributed by atoms with E-state index in [9.17, 15) is 23.7 Å². The third-order valence-electron chi connectivity index (χ3n) is 7.65. The Morgan fingerprint density at radius 3 is 2.69 bits per heavy atom. The van der Waals surface area contributed by atoms with Crippen LogP contribution in [0.4, 0.5) is 10.2 Å². The van der Waals surface area contributed by atoms with E-state index in [4.69, 9.17) is 38.7 Å². The number of nitrogens with two attached hydrogens (primary N) is 1. The van der Waals surface area contributed by atoms with E-state index in [-0.39, 0.29) is 29.2 Å². The lowest BCUT2D eigenvalue weighted by Crippen LogP contribution is -2.52. The Kier molecular flexibility index (Phi) is 7.17. The first-order chi connectivity index (χ1) is 21.2. The monoisotopic (exact) mass is 674 g/mol. The molecule has 2 bridgehead atoms. The quantitative estimate of drug-likeness (QED) is 0.247. The van der Waals surface area contributed by atoms with E-state index >= 15 is 4.39 Å². The molecule has 3 fully saturated rings. The van der Waals surface area contributed by atoms with E-state index in [2.05, 4.69) is 30.3 Å². The molecule has 0 aromatic carbocycles. The lowest BCUT2D eigenvalue weighted by Gasteiger charge is -2.31. The lowest BCUT2D eigenvalue weighted by atomic mass is 9.98. The van der Waals surface area contributed by atoms with E-state index in [1.54, 1.807) is 0 Å². The molecule has 0 saturated carbocycles. The van der Waals surface area contributed by atoms with Gasteiger partial charge in [0.05, 0.1) is 32.0 Å². The van der Waals surface area contributed by atoms with E-state index in [1.165, 1.54) is 22.1 Å². The molecule has 5 unspecified atom stereocenters. The highest BCUT2D eigenvalue weighted by Crippen LogP contribution is 2.55. The molecule has 7 rings (SSSR count). The number of amidine groups is 1. The molecule has 5 aliphatic rings. The number of amides is 1. The van der Waals surface area contributed by atoms with Gasteiger partial charge >= 0.3 is 15.6 Å². The van der Waals surface area contributed by atoms with Crippen LogP contribution < -0.4 is 11.1 Å². The van der Waals surface area contributed by atoms with Crippen LogP contribution in [0, 0.1) is 5.41 Å². The van der Waals surface area contributed by atoms with Crippen LogP contribution in [-0.4, -0.2) is 114 Å². The zero-order valence-corrected chi connectivity index (χ0v) is 24.7. The number of hydrogen-bond donors (Lipinski definition) is 5. The van der Waals surface area contributed by atoms with Crippen LogP contribution in [0.2, 0.25) is 0 Å². The average molecular weight is 674 g/mol. The first kappa shape index (κ1) is 30.4. The summed E-state index contributed by atoms with van der Waals surface area (Å²) in [6, 6.07) is -1.11. The van der Waals surface area contributed by atoms with Crippen molar-refractivity contribution in [2.45, 2.75) is 61.9 Å². The lowest BCUT2D eigenvalue weighted by molar-refractivity contribution is -0.119. The maximum atomic E-state index is 16.5. The molecule has 0 radical (unpaired) electrons. The largest absolute Gasteiger partial charge is 0.472 e. The number of ether oxygens (including phenoxy) is 2. The Hall–Kier alpha value is -3.30. The summed E-state index contributed by atoms with van der Waals surface area (Å²) in [7, 11) is -10.0. The van der Waals surface area contributed by atoms with Gasteiger partial charge in [-0.2, -0.15) is 4.99 Å². The number of phosphoric ester groups is 2. The predicted molar refractivity (Wildman–Crippen MR) is 145 cm³/mol. The Morgan fingerprint density at radius 1 is 1.13 bits per heavy atom. The molecule has 6 N–H and O–H groups in total. The fraction of sp³-hybridized carbons (Fsp3) is 0.571. The summed E-state index contributed by atoms with van der Waals surface area (Å²) < 4.78 is 76.8. The van der Waals surface area contributed by atoms with E-state index in [0.29, 0.717) is 0 Å². The van der Waals surface area contributed by atoms with Crippen LogP contribution in [-0.2, 0) is 41.5 Å². The standard InChI is InChI=1S/C21H25FN10O11P2/c1-21(22)13-10(41-19(21)32-7-27-11-14(23)25-5-26-15(11)32)4-39-44(34,35)42-9-2-8(3-38-45(36,37)43-13)40-18(9)31-6-28-12-16(31)29-20(24)30-17(12)33/h5-10,12-13,18-19H,2-4H2,1H3,(H,34,35)(H,36,37)(H2,23,25,26)(H2,24,30,33)/t8-,9+,10+,12?,13+,18?,19?,21-/m0/s1. The molecule has 21 nitrogen and oxygen atoms in total. The van der Waals surface area contributed by atoms with Crippen LogP contribution >= 0.6 is 15.6 Å². The van der Waals surface area contributed by atoms with Gasteiger partial charge < -0.3 is 25.0 Å². The second kappa shape index (κ2) is 10.6. The highest BCUT2D eigenvalue weighted by atomic mass is 31.2. The van der Waals surface area contributed by atoms with Gasteiger partial charge in [0.25, 0.3) is 5.91 Å². The molecule has 24 heteroatoms. The number of nitrogens with one attached hydrogen (secondary N) is 2. The number of guanidine groups is 1. The highest BCUT2D eigenvalue weighted by molar-refractivity contribution is 7.47. The second-order valence-corrected chi connectivity index (χ2v) is 13.5. The number of imidazole rings is 1. The number of nitrogens with zero attached hydrogens (tertiary/aromatic N) is 7. The van der Waals surface area contributed by atoms with Gasteiger partial charge in [0.1, 0.15) is 30.2 Å². The molecule has 2 aromatic heterocycles. The molecule has 0 aliphatic carbocycles. The number of aliphatic imine (C=N–C) groups is 2. The summed E-state index contributed by atoms with van der Waals surface area (Å²) in [5, 5.41) is 9.98. The van der Waals surface area contributed by atoms with Crippen molar-refractivity contribution in [3.05, 3.63) is 12.7 Å². The summed E-state index contributed by atoms with van der Waals surface area (Å²) in [6.45, 7) is -0.428. The first-order valence-corrected chi connectivity index (χ1v) is 16.3. The maximum absolute atomic E-state index is 16.5. The van der Waals surface area contributed by atoms with Crippen LogP contribution in [0.5, 0.6) is 0 Å². The number of nitrogen functional groups attached to an aromatic ring is 1. The Labute approximate surface area is 251 Å². The van der Waals surface area contributed by atoms with Gasteiger partial charge in [0.15, 0.2) is 41.5 Å². The third kappa shape index (κ3) is 5.35. The van der Waals surface area contributed by atoms with Gasteiger partial charge in [-0.1, -0.05) is 0 Å². The van der Waals surface area contributed by atoms with Gasteiger partial charge in [-0.25, -0.2) is 28.5 Å².